The summed E-state index contributed by atoms with van der Waals surface area (Å²) in [6.45, 7) is 3.50. The Morgan fingerprint density at radius 1 is 1.24 bits per heavy atom. The number of nitrogens with zero attached hydrogens (tertiary/aromatic N) is 1. The summed E-state index contributed by atoms with van der Waals surface area (Å²) in [5, 5.41) is 10.5. The molecule has 1 saturated carbocycles. The summed E-state index contributed by atoms with van der Waals surface area (Å²) in [6.07, 6.45) is 7.32. The molecule has 0 spiro atoms. The van der Waals surface area contributed by atoms with E-state index in [-0.39, 0.29) is 29.9 Å². The minimum absolute atomic E-state index is 0. The molecule has 2 atom stereocenters. The van der Waals surface area contributed by atoms with Gasteiger partial charge in [-0.2, -0.15) is 11.8 Å². The second kappa shape index (κ2) is 12.1. The van der Waals surface area contributed by atoms with E-state index in [2.05, 4.69) is 29.1 Å². The summed E-state index contributed by atoms with van der Waals surface area (Å²) in [4.78, 5) is 16.7. The first-order valence-electron chi connectivity index (χ1n) is 9.69. The molecule has 2 aromatic rings. The number of benzene rings is 1. The van der Waals surface area contributed by atoms with Crippen molar-refractivity contribution in [1.29, 1.82) is 0 Å². The van der Waals surface area contributed by atoms with E-state index in [1.165, 1.54) is 25.5 Å². The molecule has 2 unspecified atom stereocenters. The van der Waals surface area contributed by atoms with Gasteiger partial charge in [0.15, 0.2) is 11.7 Å². The Labute approximate surface area is 193 Å². The molecule has 1 aromatic carbocycles. The van der Waals surface area contributed by atoms with Gasteiger partial charge in [-0.1, -0.05) is 12.1 Å². The highest BCUT2D eigenvalue weighted by atomic mass is 127. The lowest BCUT2D eigenvalue weighted by molar-refractivity contribution is 0.0996. The van der Waals surface area contributed by atoms with Crippen LogP contribution in [0.1, 0.15) is 42.3 Å². The van der Waals surface area contributed by atoms with Crippen LogP contribution in [0.4, 0.5) is 5.69 Å². The van der Waals surface area contributed by atoms with E-state index in [0.717, 1.165) is 29.0 Å². The summed E-state index contributed by atoms with van der Waals surface area (Å²) in [7, 11) is 0. The molecule has 1 aliphatic rings. The van der Waals surface area contributed by atoms with Crippen molar-refractivity contribution in [1.82, 2.24) is 10.6 Å². The number of carbonyl (C=O) groups excluding carboxylic acids is 1. The summed E-state index contributed by atoms with van der Waals surface area (Å²) in [5.41, 5.74) is 1.81. The second-order valence-electron chi connectivity index (χ2n) is 6.84. The molecule has 1 fully saturated rings. The van der Waals surface area contributed by atoms with E-state index < -0.39 is 0 Å². The van der Waals surface area contributed by atoms with Crippen molar-refractivity contribution >= 4 is 53.3 Å². The van der Waals surface area contributed by atoms with Gasteiger partial charge in [-0.3, -0.25) is 4.79 Å². The summed E-state index contributed by atoms with van der Waals surface area (Å²) < 4.78 is 5.10. The number of aliphatic imine (C=N–C) groups is 1. The Bertz CT molecular complexity index is 780. The van der Waals surface area contributed by atoms with Gasteiger partial charge in [0.05, 0.1) is 12.8 Å². The van der Waals surface area contributed by atoms with Gasteiger partial charge in [-0.05, 0) is 62.3 Å². The molecule has 158 valence electrons. The van der Waals surface area contributed by atoms with E-state index in [0.29, 0.717) is 18.3 Å². The van der Waals surface area contributed by atoms with Crippen LogP contribution < -0.4 is 16.0 Å². The summed E-state index contributed by atoms with van der Waals surface area (Å²) >= 11 is 1.96. The van der Waals surface area contributed by atoms with Crippen LogP contribution in [0.25, 0.3) is 0 Å². The molecule has 3 rings (SSSR count). The van der Waals surface area contributed by atoms with E-state index >= 15 is 0 Å². The van der Waals surface area contributed by atoms with Gasteiger partial charge in [0, 0.05) is 23.5 Å². The third-order valence-electron chi connectivity index (χ3n) is 4.78. The third-order valence-corrected chi connectivity index (χ3v) is 5.87. The quantitative estimate of drug-likeness (QED) is 0.281. The van der Waals surface area contributed by atoms with Crippen molar-refractivity contribution < 1.29 is 9.21 Å². The summed E-state index contributed by atoms with van der Waals surface area (Å²) in [5.74, 6) is 0.907. The van der Waals surface area contributed by atoms with Gasteiger partial charge >= 0.3 is 0 Å². The Hall–Kier alpha value is -1.68. The smallest absolute Gasteiger partial charge is 0.291 e. The molecule has 8 heteroatoms. The number of hydrogen-bond donors (Lipinski definition) is 3. The van der Waals surface area contributed by atoms with Crippen molar-refractivity contribution in [2.24, 2.45) is 4.99 Å². The molecule has 1 aromatic heterocycles. The molecule has 0 aliphatic heterocycles. The fraction of sp³-hybridized carbons (Fsp3) is 0.429. The normalized spacial score (nSPS) is 18.8. The molecule has 6 nitrogen and oxygen atoms in total. The maximum Gasteiger partial charge on any atom is 0.291 e. The zero-order valence-electron chi connectivity index (χ0n) is 16.8. The lowest BCUT2D eigenvalue weighted by atomic mass is 10.2. The summed E-state index contributed by atoms with van der Waals surface area (Å²) in [6, 6.07) is 11.5. The van der Waals surface area contributed by atoms with Crippen LogP contribution in [0.3, 0.4) is 0 Å². The number of halogens is 1. The van der Waals surface area contributed by atoms with E-state index in [1.54, 1.807) is 12.1 Å². The lowest BCUT2D eigenvalue weighted by Gasteiger charge is -2.17. The van der Waals surface area contributed by atoms with Crippen LogP contribution in [0.15, 0.2) is 52.1 Å². The molecule has 0 saturated heterocycles. The van der Waals surface area contributed by atoms with Gasteiger partial charge in [0.25, 0.3) is 5.91 Å². The van der Waals surface area contributed by atoms with Crippen molar-refractivity contribution in [3.05, 3.63) is 54.0 Å². The molecule has 1 heterocycles. The van der Waals surface area contributed by atoms with Crippen molar-refractivity contribution in [2.75, 3.05) is 18.1 Å². The SMILES string of the molecule is CCNC(=NCc1ccc(NC(=O)c2ccco2)cc1)NC1CCC(SC)C1.I. The minimum Gasteiger partial charge on any atom is -0.459 e. The van der Waals surface area contributed by atoms with Gasteiger partial charge in [-0.25, -0.2) is 4.99 Å². The molecule has 29 heavy (non-hydrogen) atoms. The zero-order chi connectivity index (χ0) is 19.8. The fourth-order valence-electron chi connectivity index (χ4n) is 3.26. The topological polar surface area (TPSA) is 78.7 Å². The molecular weight excluding hydrogens is 499 g/mol. The van der Waals surface area contributed by atoms with Crippen LogP contribution in [0.5, 0.6) is 0 Å². The Morgan fingerprint density at radius 2 is 2.03 bits per heavy atom. The first-order chi connectivity index (χ1) is 13.7. The largest absolute Gasteiger partial charge is 0.459 e. The Kier molecular flexibility index (Phi) is 9.86. The molecule has 0 radical (unpaired) electrons. The van der Waals surface area contributed by atoms with Crippen LogP contribution in [-0.4, -0.2) is 36.0 Å². The van der Waals surface area contributed by atoms with Gasteiger partial charge in [0.1, 0.15) is 0 Å². The minimum atomic E-state index is -0.255. The zero-order valence-corrected chi connectivity index (χ0v) is 20.0. The van der Waals surface area contributed by atoms with Crippen molar-refractivity contribution in [3.63, 3.8) is 0 Å². The number of nitrogens with one attached hydrogen (secondary N) is 3. The molecular formula is C21H29IN4O2S. The molecule has 0 bridgehead atoms. The molecule has 1 aliphatic carbocycles. The average Bonchev–Trinajstić information content (AvgIpc) is 3.39. The molecule has 3 N–H and O–H groups in total. The van der Waals surface area contributed by atoms with E-state index in [4.69, 9.17) is 9.41 Å². The van der Waals surface area contributed by atoms with Crippen LogP contribution in [0.2, 0.25) is 0 Å². The lowest BCUT2D eigenvalue weighted by Crippen LogP contribution is -2.42. The second-order valence-corrected chi connectivity index (χ2v) is 7.97. The van der Waals surface area contributed by atoms with E-state index in [9.17, 15) is 4.79 Å². The third kappa shape index (κ3) is 7.26. The van der Waals surface area contributed by atoms with Gasteiger partial charge < -0.3 is 20.4 Å². The van der Waals surface area contributed by atoms with Gasteiger partial charge in [-0.15, -0.1) is 24.0 Å². The monoisotopic (exact) mass is 528 g/mol. The number of anilines is 1. The Morgan fingerprint density at radius 3 is 2.66 bits per heavy atom. The highest BCUT2D eigenvalue weighted by molar-refractivity contribution is 14.0. The average molecular weight is 528 g/mol. The number of thioether (sulfide) groups is 1. The standard InChI is InChI=1S/C21H28N4O2S.HI/c1-3-22-21(25-17-10-11-18(13-17)28-2)23-14-15-6-8-16(9-7-15)24-20(26)19-5-4-12-27-19;/h4-9,12,17-18H,3,10-11,13-14H2,1-2H3,(H,24,26)(H2,22,23,25);1H. The number of rotatable bonds is 7. The first-order valence-corrected chi connectivity index (χ1v) is 11.0. The number of hydrogen-bond acceptors (Lipinski definition) is 4. The molecule has 1 amide bonds. The first kappa shape index (κ1) is 23.6. The predicted molar refractivity (Wildman–Crippen MR) is 131 cm³/mol. The highest BCUT2D eigenvalue weighted by Crippen LogP contribution is 2.28. The fourth-order valence-corrected chi connectivity index (χ4v) is 4.06. The van der Waals surface area contributed by atoms with Crippen LogP contribution in [0, 0.1) is 0 Å². The number of carbonyl (C=O) groups is 1. The Balaban J connectivity index is 0.00000300. The van der Waals surface area contributed by atoms with Crippen molar-refractivity contribution in [3.8, 4) is 0 Å². The van der Waals surface area contributed by atoms with Gasteiger partial charge in [0.2, 0.25) is 0 Å². The van der Waals surface area contributed by atoms with Crippen LogP contribution in [-0.2, 0) is 6.54 Å². The number of guanidine groups is 1. The van der Waals surface area contributed by atoms with E-state index in [1.807, 2.05) is 36.0 Å². The number of amides is 1. The van der Waals surface area contributed by atoms with Crippen molar-refractivity contribution in [2.45, 2.75) is 44.0 Å². The number of furan rings is 1. The predicted octanol–water partition coefficient (Wildman–Crippen LogP) is 4.49. The van der Waals surface area contributed by atoms with Crippen LogP contribution >= 0.6 is 35.7 Å². The highest BCUT2D eigenvalue weighted by Gasteiger charge is 2.24. The maximum atomic E-state index is 12.0. The maximum absolute atomic E-state index is 12.0.